The Morgan fingerprint density at radius 3 is 2.96 bits per heavy atom. The van der Waals surface area contributed by atoms with Crippen molar-refractivity contribution in [3.05, 3.63) is 53.6 Å². The number of nitrogens with one attached hydrogen (secondary N) is 2. The predicted octanol–water partition coefficient (Wildman–Crippen LogP) is 2.78. The fourth-order valence-electron chi connectivity index (χ4n) is 3.74. The number of aromatic nitrogens is 5. The molecule has 3 heterocycles. The number of amides is 1. The Kier molecular flexibility index (Phi) is 4.51. The van der Waals surface area contributed by atoms with Gasteiger partial charge < -0.3 is 4.90 Å². The van der Waals surface area contributed by atoms with Crippen LogP contribution in [0.25, 0.3) is 11.4 Å². The highest BCUT2D eigenvalue weighted by Gasteiger charge is 2.28. The number of H-pyrrole nitrogens is 2. The summed E-state index contributed by atoms with van der Waals surface area (Å²) in [5, 5.41) is 14.1. The van der Waals surface area contributed by atoms with Gasteiger partial charge in [0.2, 0.25) is 0 Å². The first-order valence-electron chi connectivity index (χ1n) is 9.04. The zero-order valence-corrected chi connectivity index (χ0v) is 14.8. The number of carbonyl (C=O) groups excluding carboxylic acids is 1. The summed E-state index contributed by atoms with van der Waals surface area (Å²) >= 11 is 0. The highest BCUT2D eigenvalue weighted by Crippen LogP contribution is 2.30. The molecule has 2 aromatic heterocycles. The monoisotopic (exact) mass is 350 g/mol. The first kappa shape index (κ1) is 16.5. The summed E-state index contributed by atoms with van der Waals surface area (Å²) in [6.45, 7) is 3.61. The molecule has 1 aromatic carbocycles. The number of hydrogen-bond donors (Lipinski definition) is 2. The molecule has 0 spiro atoms. The topological polar surface area (TPSA) is 90.6 Å². The Balaban J connectivity index is 1.59. The van der Waals surface area contributed by atoms with Gasteiger partial charge >= 0.3 is 0 Å². The lowest BCUT2D eigenvalue weighted by Gasteiger charge is -2.33. The number of aryl methyl sites for hydroxylation is 1. The first-order valence-corrected chi connectivity index (χ1v) is 9.04. The summed E-state index contributed by atoms with van der Waals surface area (Å²) in [7, 11) is 0. The van der Waals surface area contributed by atoms with Crippen molar-refractivity contribution in [3.63, 3.8) is 0 Å². The van der Waals surface area contributed by atoms with Crippen LogP contribution >= 0.6 is 0 Å². The summed E-state index contributed by atoms with van der Waals surface area (Å²) in [4.78, 5) is 19.4. The zero-order chi connectivity index (χ0) is 17.9. The number of rotatable bonds is 4. The van der Waals surface area contributed by atoms with E-state index in [4.69, 9.17) is 0 Å². The number of carbonyl (C=O) groups is 1. The molecular weight excluding hydrogens is 328 g/mol. The van der Waals surface area contributed by atoms with Crippen molar-refractivity contribution in [1.82, 2.24) is 30.3 Å². The van der Waals surface area contributed by atoms with Gasteiger partial charge in [0.15, 0.2) is 5.82 Å². The highest BCUT2D eigenvalue weighted by molar-refractivity contribution is 6.00. The lowest BCUT2D eigenvalue weighted by atomic mass is 9.91. The van der Waals surface area contributed by atoms with Crippen molar-refractivity contribution < 1.29 is 4.79 Å². The molecule has 134 valence electrons. The minimum absolute atomic E-state index is 0.0410. The van der Waals surface area contributed by atoms with E-state index in [-0.39, 0.29) is 5.91 Å². The number of benzene rings is 1. The van der Waals surface area contributed by atoms with E-state index in [9.17, 15) is 4.79 Å². The molecule has 1 fully saturated rings. The van der Waals surface area contributed by atoms with E-state index in [1.165, 1.54) is 17.6 Å². The van der Waals surface area contributed by atoms with Crippen LogP contribution in [0, 0.1) is 0 Å². The Hall–Kier alpha value is -2.96. The van der Waals surface area contributed by atoms with E-state index in [1.54, 1.807) is 0 Å². The van der Waals surface area contributed by atoms with Crippen LogP contribution in [0.2, 0.25) is 0 Å². The fourth-order valence-corrected chi connectivity index (χ4v) is 3.74. The zero-order valence-electron chi connectivity index (χ0n) is 14.8. The highest BCUT2D eigenvalue weighted by atomic mass is 16.2. The molecule has 1 atom stereocenters. The molecule has 7 nitrogen and oxygen atoms in total. The van der Waals surface area contributed by atoms with Gasteiger partial charge in [-0.2, -0.15) is 10.2 Å². The molecule has 0 radical (unpaired) electrons. The minimum atomic E-state index is 0.0410. The Morgan fingerprint density at radius 2 is 2.15 bits per heavy atom. The molecule has 3 aromatic rings. The molecule has 7 heteroatoms. The van der Waals surface area contributed by atoms with Gasteiger partial charge in [0, 0.05) is 30.3 Å². The van der Waals surface area contributed by atoms with Crippen LogP contribution in [-0.2, 0) is 6.42 Å². The van der Waals surface area contributed by atoms with Crippen LogP contribution in [0.15, 0.2) is 36.8 Å². The Morgan fingerprint density at radius 1 is 1.27 bits per heavy atom. The van der Waals surface area contributed by atoms with Crippen LogP contribution in [0.5, 0.6) is 0 Å². The summed E-state index contributed by atoms with van der Waals surface area (Å²) in [6, 6.07) is 7.56. The maximum absolute atomic E-state index is 13.2. The van der Waals surface area contributed by atoms with Crippen LogP contribution in [0.3, 0.4) is 0 Å². The summed E-state index contributed by atoms with van der Waals surface area (Å²) < 4.78 is 0. The van der Waals surface area contributed by atoms with E-state index < -0.39 is 0 Å². The molecule has 0 unspecified atom stereocenters. The van der Waals surface area contributed by atoms with Gasteiger partial charge in [0.05, 0.1) is 11.8 Å². The molecule has 0 bridgehead atoms. The fraction of sp³-hybridized carbons (Fsp3) is 0.368. The van der Waals surface area contributed by atoms with Gasteiger partial charge in [-0.1, -0.05) is 25.1 Å². The number of nitrogens with zero attached hydrogens (tertiary/aromatic N) is 4. The lowest BCUT2D eigenvalue weighted by Crippen LogP contribution is -2.39. The van der Waals surface area contributed by atoms with Crippen molar-refractivity contribution in [2.24, 2.45) is 0 Å². The Labute approximate surface area is 151 Å². The van der Waals surface area contributed by atoms with E-state index in [1.807, 2.05) is 35.4 Å². The van der Waals surface area contributed by atoms with Gasteiger partial charge in [-0.05, 0) is 30.9 Å². The second kappa shape index (κ2) is 7.11. The maximum atomic E-state index is 13.2. The number of likely N-dealkylation sites (tertiary alicyclic amines) is 1. The minimum Gasteiger partial charge on any atom is -0.338 e. The number of piperidine rings is 1. The molecule has 0 saturated carbocycles. The van der Waals surface area contributed by atoms with Gasteiger partial charge in [-0.3, -0.25) is 15.0 Å². The standard InChI is InChI=1S/C19H22N6O/c1-2-13-10-21-23-17(13)14-6-5-9-25(11-14)19(26)16-8-4-3-7-15(16)18-20-12-22-24-18/h3-4,7-8,10,12,14H,2,5-6,9,11H2,1H3,(H,21,23)(H,20,22,24)/t14-/m1/s1. The Bertz CT molecular complexity index is 885. The quantitative estimate of drug-likeness (QED) is 0.757. The third kappa shape index (κ3) is 3.00. The van der Waals surface area contributed by atoms with Crippen molar-refractivity contribution in [2.75, 3.05) is 13.1 Å². The van der Waals surface area contributed by atoms with E-state index >= 15 is 0 Å². The van der Waals surface area contributed by atoms with Crippen LogP contribution in [-0.4, -0.2) is 49.3 Å². The SMILES string of the molecule is CCc1cn[nH]c1[C@@H]1CCCN(C(=O)c2ccccc2-c2ncn[nH]2)C1. The first-order chi connectivity index (χ1) is 12.8. The second-order valence-electron chi connectivity index (χ2n) is 6.63. The third-order valence-corrected chi connectivity index (χ3v) is 5.08. The predicted molar refractivity (Wildman–Crippen MR) is 97.7 cm³/mol. The van der Waals surface area contributed by atoms with Gasteiger partial charge in [0.25, 0.3) is 5.91 Å². The lowest BCUT2D eigenvalue weighted by molar-refractivity contribution is 0.0706. The smallest absolute Gasteiger partial charge is 0.254 e. The molecule has 1 aliphatic heterocycles. The molecule has 1 amide bonds. The molecule has 1 saturated heterocycles. The summed E-state index contributed by atoms with van der Waals surface area (Å²) in [5.41, 5.74) is 3.86. The second-order valence-corrected chi connectivity index (χ2v) is 6.63. The third-order valence-electron chi connectivity index (χ3n) is 5.08. The normalized spacial score (nSPS) is 17.4. The summed E-state index contributed by atoms with van der Waals surface area (Å²) in [6.07, 6.45) is 6.36. The van der Waals surface area contributed by atoms with Crippen molar-refractivity contribution in [2.45, 2.75) is 32.1 Å². The van der Waals surface area contributed by atoms with E-state index in [2.05, 4.69) is 32.3 Å². The van der Waals surface area contributed by atoms with Crippen molar-refractivity contribution >= 4 is 5.91 Å². The number of hydrogen-bond acceptors (Lipinski definition) is 4. The maximum Gasteiger partial charge on any atom is 0.254 e. The van der Waals surface area contributed by atoms with Crippen LogP contribution in [0.4, 0.5) is 0 Å². The largest absolute Gasteiger partial charge is 0.338 e. The molecule has 26 heavy (non-hydrogen) atoms. The van der Waals surface area contributed by atoms with Gasteiger partial charge in [0.1, 0.15) is 6.33 Å². The van der Waals surface area contributed by atoms with Crippen LogP contribution in [0.1, 0.15) is 47.3 Å². The van der Waals surface area contributed by atoms with E-state index in [0.29, 0.717) is 23.9 Å². The van der Waals surface area contributed by atoms with Crippen LogP contribution < -0.4 is 0 Å². The number of aromatic amines is 2. The van der Waals surface area contributed by atoms with Gasteiger partial charge in [-0.25, -0.2) is 4.98 Å². The summed E-state index contributed by atoms with van der Waals surface area (Å²) in [5.74, 6) is 0.964. The molecule has 0 aliphatic carbocycles. The molecule has 4 rings (SSSR count). The molecular formula is C19H22N6O. The van der Waals surface area contributed by atoms with Crippen molar-refractivity contribution in [1.29, 1.82) is 0 Å². The van der Waals surface area contributed by atoms with E-state index in [0.717, 1.165) is 31.4 Å². The van der Waals surface area contributed by atoms with Gasteiger partial charge in [-0.15, -0.1) is 0 Å². The average molecular weight is 350 g/mol. The average Bonchev–Trinajstić information content (AvgIpc) is 3.39. The molecule has 2 N–H and O–H groups in total. The van der Waals surface area contributed by atoms with Crippen molar-refractivity contribution in [3.8, 4) is 11.4 Å². The molecule has 1 aliphatic rings.